The molecule has 1 unspecified atom stereocenters. The highest BCUT2D eigenvalue weighted by atomic mass is 15.2. The van der Waals surface area contributed by atoms with Crippen molar-refractivity contribution in [1.82, 2.24) is 10.2 Å². The monoisotopic (exact) mass is 266 g/mol. The highest BCUT2D eigenvalue weighted by Crippen LogP contribution is 2.68. The highest BCUT2D eigenvalue weighted by molar-refractivity contribution is 5.13. The molecule has 2 nitrogen and oxygen atoms in total. The molecule has 2 rings (SSSR count). The Morgan fingerprint density at radius 3 is 2.32 bits per heavy atom. The first-order chi connectivity index (χ1) is 8.75. The second-order valence-electron chi connectivity index (χ2n) is 8.46. The van der Waals surface area contributed by atoms with Crippen molar-refractivity contribution in [2.75, 3.05) is 32.7 Å². The standard InChI is InChI=1S/C17H34N2/c1-13(2)9-18-10-14-7-8-19(11-14)12-15-16(3,4)17(15,5)6/h13-15,18H,7-12H2,1-6H3. The lowest BCUT2D eigenvalue weighted by atomic mass is 10.0. The minimum Gasteiger partial charge on any atom is -0.316 e. The van der Waals surface area contributed by atoms with Crippen molar-refractivity contribution in [2.24, 2.45) is 28.6 Å². The van der Waals surface area contributed by atoms with Crippen molar-refractivity contribution in [3.8, 4) is 0 Å². The van der Waals surface area contributed by atoms with Crippen LogP contribution in [0.15, 0.2) is 0 Å². The van der Waals surface area contributed by atoms with Crippen LogP contribution in [0.4, 0.5) is 0 Å². The maximum Gasteiger partial charge on any atom is 0.00224 e. The second-order valence-corrected chi connectivity index (χ2v) is 8.46. The number of hydrogen-bond acceptors (Lipinski definition) is 2. The fourth-order valence-corrected chi connectivity index (χ4v) is 3.87. The maximum absolute atomic E-state index is 3.62. The van der Waals surface area contributed by atoms with E-state index in [0.717, 1.165) is 17.8 Å². The molecule has 1 aliphatic carbocycles. The third-order valence-electron chi connectivity index (χ3n) is 6.12. The van der Waals surface area contributed by atoms with Crippen LogP contribution in [0.3, 0.4) is 0 Å². The van der Waals surface area contributed by atoms with E-state index >= 15 is 0 Å². The van der Waals surface area contributed by atoms with Crippen LogP contribution in [-0.4, -0.2) is 37.6 Å². The summed E-state index contributed by atoms with van der Waals surface area (Å²) in [5.41, 5.74) is 1.09. The topological polar surface area (TPSA) is 15.3 Å². The molecule has 0 spiro atoms. The Morgan fingerprint density at radius 1 is 1.16 bits per heavy atom. The summed E-state index contributed by atoms with van der Waals surface area (Å²) < 4.78 is 0. The van der Waals surface area contributed by atoms with Gasteiger partial charge in [0.25, 0.3) is 0 Å². The molecule has 0 amide bonds. The lowest BCUT2D eigenvalue weighted by Gasteiger charge is -2.18. The van der Waals surface area contributed by atoms with Crippen molar-refractivity contribution >= 4 is 0 Å². The molecule has 0 bridgehead atoms. The molecule has 1 saturated carbocycles. The third-order valence-corrected chi connectivity index (χ3v) is 6.12. The van der Waals surface area contributed by atoms with E-state index in [-0.39, 0.29) is 0 Å². The lowest BCUT2D eigenvalue weighted by Crippen LogP contribution is -2.30. The van der Waals surface area contributed by atoms with E-state index in [0.29, 0.717) is 10.8 Å². The van der Waals surface area contributed by atoms with Crippen molar-refractivity contribution in [3.63, 3.8) is 0 Å². The molecule has 112 valence electrons. The van der Waals surface area contributed by atoms with Gasteiger partial charge in [-0.25, -0.2) is 0 Å². The first kappa shape index (κ1) is 15.3. The van der Waals surface area contributed by atoms with Gasteiger partial charge in [-0.2, -0.15) is 0 Å². The van der Waals surface area contributed by atoms with Crippen LogP contribution in [0.5, 0.6) is 0 Å². The largest absolute Gasteiger partial charge is 0.316 e. The third kappa shape index (κ3) is 3.16. The quantitative estimate of drug-likeness (QED) is 0.794. The number of likely N-dealkylation sites (tertiary alicyclic amines) is 1. The molecule has 0 radical (unpaired) electrons. The van der Waals surface area contributed by atoms with Gasteiger partial charge in [-0.1, -0.05) is 41.5 Å². The van der Waals surface area contributed by atoms with Gasteiger partial charge in [0.2, 0.25) is 0 Å². The first-order valence-electron chi connectivity index (χ1n) is 8.18. The average molecular weight is 266 g/mol. The van der Waals surface area contributed by atoms with E-state index in [1.165, 1.54) is 39.1 Å². The van der Waals surface area contributed by atoms with E-state index in [1.807, 2.05) is 0 Å². The predicted molar refractivity (Wildman–Crippen MR) is 83.3 cm³/mol. The van der Waals surface area contributed by atoms with Crippen LogP contribution >= 0.6 is 0 Å². The van der Waals surface area contributed by atoms with Gasteiger partial charge >= 0.3 is 0 Å². The van der Waals surface area contributed by atoms with Gasteiger partial charge < -0.3 is 10.2 Å². The number of rotatable bonds is 6. The Bertz CT molecular complexity index is 292. The molecule has 1 atom stereocenters. The summed E-state index contributed by atoms with van der Waals surface area (Å²) in [4.78, 5) is 2.71. The van der Waals surface area contributed by atoms with Gasteiger partial charge in [-0.05, 0) is 54.6 Å². The molecule has 0 aromatic rings. The highest BCUT2D eigenvalue weighted by Gasteiger charge is 2.64. The minimum absolute atomic E-state index is 0.543. The summed E-state index contributed by atoms with van der Waals surface area (Å²) in [7, 11) is 0. The molecule has 19 heavy (non-hydrogen) atoms. The van der Waals surface area contributed by atoms with Crippen molar-refractivity contribution in [3.05, 3.63) is 0 Å². The summed E-state index contributed by atoms with van der Waals surface area (Å²) in [6.07, 6.45) is 1.39. The number of nitrogens with zero attached hydrogens (tertiary/aromatic N) is 1. The fourth-order valence-electron chi connectivity index (χ4n) is 3.87. The average Bonchev–Trinajstić information content (AvgIpc) is 2.68. The molecule has 1 saturated heterocycles. The van der Waals surface area contributed by atoms with Crippen LogP contribution in [0, 0.1) is 28.6 Å². The predicted octanol–water partition coefficient (Wildman–Crippen LogP) is 3.24. The van der Waals surface area contributed by atoms with Crippen LogP contribution in [0.1, 0.15) is 48.0 Å². The molecule has 1 aliphatic heterocycles. The summed E-state index contributed by atoms with van der Waals surface area (Å²) in [6, 6.07) is 0. The molecule has 2 heteroatoms. The van der Waals surface area contributed by atoms with Gasteiger partial charge in [0, 0.05) is 13.1 Å². The smallest absolute Gasteiger partial charge is 0.00224 e. The summed E-state index contributed by atoms with van der Waals surface area (Å²) in [5.74, 6) is 2.54. The zero-order chi connectivity index (χ0) is 14.3. The second kappa shape index (κ2) is 5.37. The minimum atomic E-state index is 0.543. The lowest BCUT2D eigenvalue weighted by molar-refractivity contribution is 0.286. The zero-order valence-electron chi connectivity index (χ0n) is 13.9. The van der Waals surface area contributed by atoms with Crippen LogP contribution in [0.25, 0.3) is 0 Å². The summed E-state index contributed by atoms with van der Waals surface area (Å²) >= 11 is 0. The molecular formula is C17H34N2. The molecule has 0 aromatic carbocycles. The Balaban J connectivity index is 1.69. The molecular weight excluding hydrogens is 232 g/mol. The van der Waals surface area contributed by atoms with Gasteiger partial charge in [-0.3, -0.25) is 0 Å². The van der Waals surface area contributed by atoms with Crippen molar-refractivity contribution in [1.29, 1.82) is 0 Å². The number of hydrogen-bond donors (Lipinski definition) is 1. The summed E-state index contributed by atoms with van der Waals surface area (Å²) in [6.45, 7) is 20.7. The van der Waals surface area contributed by atoms with Crippen molar-refractivity contribution in [2.45, 2.75) is 48.0 Å². The molecule has 1 heterocycles. The van der Waals surface area contributed by atoms with Crippen LogP contribution < -0.4 is 5.32 Å². The van der Waals surface area contributed by atoms with Gasteiger partial charge in [0.15, 0.2) is 0 Å². The summed E-state index contributed by atoms with van der Waals surface area (Å²) in [5, 5.41) is 3.62. The van der Waals surface area contributed by atoms with E-state index in [2.05, 4.69) is 51.8 Å². The van der Waals surface area contributed by atoms with Gasteiger partial charge in [0.1, 0.15) is 0 Å². The van der Waals surface area contributed by atoms with Gasteiger partial charge in [-0.15, -0.1) is 0 Å². The Labute approximate surface area is 120 Å². The van der Waals surface area contributed by atoms with E-state index in [4.69, 9.17) is 0 Å². The van der Waals surface area contributed by atoms with Crippen LogP contribution in [0.2, 0.25) is 0 Å². The van der Waals surface area contributed by atoms with E-state index in [1.54, 1.807) is 0 Å². The Morgan fingerprint density at radius 2 is 1.79 bits per heavy atom. The Hall–Kier alpha value is -0.0800. The van der Waals surface area contributed by atoms with E-state index < -0.39 is 0 Å². The SMILES string of the molecule is CC(C)CNCC1CCN(CC2C(C)(C)C2(C)C)C1. The van der Waals surface area contributed by atoms with Crippen LogP contribution in [-0.2, 0) is 0 Å². The van der Waals surface area contributed by atoms with E-state index in [9.17, 15) is 0 Å². The molecule has 2 aliphatic rings. The molecule has 0 aromatic heterocycles. The normalized spacial score (nSPS) is 30.2. The maximum atomic E-state index is 3.62. The number of nitrogens with one attached hydrogen (secondary N) is 1. The Kier molecular flexibility index (Phi) is 4.32. The van der Waals surface area contributed by atoms with Crippen molar-refractivity contribution < 1.29 is 0 Å². The molecule has 2 fully saturated rings. The van der Waals surface area contributed by atoms with Gasteiger partial charge in [0.05, 0.1) is 0 Å². The first-order valence-corrected chi connectivity index (χ1v) is 8.18. The fraction of sp³-hybridized carbons (Fsp3) is 1.00. The molecule has 1 N–H and O–H groups in total. The zero-order valence-corrected chi connectivity index (χ0v) is 13.9.